The van der Waals surface area contributed by atoms with Crippen molar-refractivity contribution in [2.45, 2.75) is 6.29 Å². The van der Waals surface area contributed by atoms with Gasteiger partial charge in [0.2, 0.25) is 0 Å². The average Bonchev–Trinajstić information content (AvgIpc) is 2.88. The van der Waals surface area contributed by atoms with Gasteiger partial charge in [-0.1, -0.05) is 6.07 Å². The first-order valence-electron chi connectivity index (χ1n) is 4.74. The molecule has 1 fully saturated rings. The molecule has 3 rings (SSSR count). The highest BCUT2D eigenvalue weighted by molar-refractivity contribution is 9.10. The van der Waals surface area contributed by atoms with E-state index in [-0.39, 0.29) is 6.29 Å². The van der Waals surface area contributed by atoms with Crippen molar-refractivity contribution < 1.29 is 9.47 Å². The van der Waals surface area contributed by atoms with Gasteiger partial charge in [-0.05, 0) is 28.1 Å². The van der Waals surface area contributed by atoms with E-state index >= 15 is 0 Å². The van der Waals surface area contributed by atoms with Crippen LogP contribution in [0.15, 0.2) is 28.1 Å². The summed E-state index contributed by atoms with van der Waals surface area (Å²) in [4.78, 5) is 0. The van der Waals surface area contributed by atoms with Crippen LogP contribution >= 0.6 is 27.3 Å². The number of thiophene rings is 1. The van der Waals surface area contributed by atoms with Crippen LogP contribution in [0.2, 0.25) is 0 Å². The van der Waals surface area contributed by atoms with Crippen LogP contribution in [0.4, 0.5) is 0 Å². The minimum absolute atomic E-state index is 0.179. The minimum Gasteiger partial charge on any atom is -0.346 e. The molecule has 1 aromatic carbocycles. The molecule has 0 radical (unpaired) electrons. The van der Waals surface area contributed by atoms with Gasteiger partial charge >= 0.3 is 0 Å². The topological polar surface area (TPSA) is 18.5 Å². The lowest BCUT2D eigenvalue weighted by Gasteiger charge is -2.08. The van der Waals surface area contributed by atoms with Crippen LogP contribution < -0.4 is 0 Å². The Morgan fingerprint density at radius 2 is 2.07 bits per heavy atom. The van der Waals surface area contributed by atoms with E-state index in [1.165, 1.54) is 10.1 Å². The van der Waals surface area contributed by atoms with Crippen LogP contribution in [0.25, 0.3) is 10.1 Å². The molecule has 0 N–H and O–H groups in total. The molecular weight excluding hydrogens is 276 g/mol. The van der Waals surface area contributed by atoms with Crippen LogP contribution in [0.3, 0.4) is 0 Å². The average molecular weight is 285 g/mol. The van der Waals surface area contributed by atoms with Gasteiger partial charge in [0, 0.05) is 25.5 Å². The summed E-state index contributed by atoms with van der Waals surface area (Å²) in [6.45, 7) is 1.38. The molecule has 1 aliphatic heterocycles. The first kappa shape index (κ1) is 9.78. The lowest BCUT2D eigenvalue weighted by atomic mass is 10.1. The fourth-order valence-corrected chi connectivity index (χ4v) is 3.25. The molecule has 2 nitrogen and oxygen atoms in total. The number of fused-ring (bicyclic) bond motifs is 1. The predicted octanol–water partition coefficient (Wildman–Crippen LogP) is 3.71. The Bertz CT molecular complexity index is 488. The van der Waals surface area contributed by atoms with Crippen LogP contribution in [0.1, 0.15) is 11.9 Å². The smallest absolute Gasteiger partial charge is 0.184 e. The van der Waals surface area contributed by atoms with Crippen LogP contribution in [-0.4, -0.2) is 13.2 Å². The van der Waals surface area contributed by atoms with Gasteiger partial charge in [0.15, 0.2) is 6.29 Å². The maximum absolute atomic E-state index is 5.47. The van der Waals surface area contributed by atoms with Gasteiger partial charge in [-0.2, -0.15) is 0 Å². The van der Waals surface area contributed by atoms with E-state index < -0.39 is 0 Å². The summed E-state index contributed by atoms with van der Waals surface area (Å²) in [5.74, 6) is 0. The van der Waals surface area contributed by atoms with E-state index in [1.54, 1.807) is 11.3 Å². The Balaban J connectivity index is 2.08. The molecule has 1 aromatic heterocycles. The Hall–Kier alpha value is -0.420. The van der Waals surface area contributed by atoms with E-state index in [9.17, 15) is 0 Å². The second-order valence-electron chi connectivity index (χ2n) is 3.41. The minimum atomic E-state index is -0.179. The van der Waals surface area contributed by atoms with E-state index in [0.29, 0.717) is 13.2 Å². The van der Waals surface area contributed by atoms with E-state index in [1.807, 2.05) is 0 Å². The lowest BCUT2D eigenvalue weighted by Crippen LogP contribution is -1.96. The number of ether oxygens (including phenoxy) is 2. The molecule has 0 atom stereocenters. The van der Waals surface area contributed by atoms with Crippen molar-refractivity contribution in [2.24, 2.45) is 0 Å². The van der Waals surface area contributed by atoms with Gasteiger partial charge in [-0.25, -0.2) is 0 Å². The standard InChI is InChI=1S/C11H9BrO2S/c12-9-6-15-10-2-1-7(5-8(9)10)11-13-3-4-14-11/h1-2,5-6,11H,3-4H2. The van der Waals surface area contributed by atoms with Crippen LogP contribution in [0, 0.1) is 0 Å². The summed E-state index contributed by atoms with van der Waals surface area (Å²) in [7, 11) is 0. The summed E-state index contributed by atoms with van der Waals surface area (Å²) in [5.41, 5.74) is 1.10. The molecule has 4 heteroatoms. The quantitative estimate of drug-likeness (QED) is 0.795. The van der Waals surface area contributed by atoms with Crippen molar-refractivity contribution in [2.75, 3.05) is 13.2 Å². The third kappa shape index (κ3) is 1.72. The zero-order chi connectivity index (χ0) is 10.3. The molecule has 0 amide bonds. The van der Waals surface area contributed by atoms with Crippen LogP contribution in [-0.2, 0) is 9.47 Å². The molecule has 0 aliphatic carbocycles. The molecule has 2 heterocycles. The maximum atomic E-state index is 5.47. The summed E-state index contributed by atoms with van der Waals surface area (Å²) < 4.78 is 13.4. The second kappa shape index (κ2) is 3.87. The van der Waals surface area contributed by atoms with Crippen molar-refractivity contribution in [1.29, 1.82) is 0 Å². The molecule has 1 saturated heterocycles. The first-order valence-corrected chi connectivity index (χ1v) is 6.42. The fraction of sp³-hybridized carbons (Fsp3) is 0.273. The maximum Gasteiger partial charge on any atom is 0.184 e. The van der Waals surface area contributed by atoms with Gasteiger partial charge in [-0.3, -0.25) is 0 Å². The van der Waals surface area contributed by atoms with Crippen LogP contribution in [0.5, 0.6) is 0 Å². The zero-order valence-corrected chi connectivity index (χ0v) is 10.3. The molecule has 0 saturated carbocycles. The Morgan fingerprint density at radius 3 is 2.87 bits per heavy atom. The molecular formula is C11H9BrO2S. The van der Waals surface area contributed by atoms with E-state index in [4.69, 9.17) is 9.47 Å². The number of halogens is 1. The molecule has 0 bridgehead atoms. The predicted molar refractivity (Wildman–Crippen MR) is 64.2 cm³/mol. The van der Waals surface area contributed by atoms with Crippen molar-refractivity contribution in [3.63, 3.8) is 0 Å². The third-order valence-corrected chi connectivity index (χ3v) is 4.37. The summed E-state index contributed by atoms with van der Waals surface area (Å²) in [5, 5.41) is 3.33. The summed E-state index contributed by atoms with van der Waals surface area (Å²) in [6.07, 6.45) is -0.179. The summed E-state index contributed by atoms with van der Waals surface area (Å²) >= 11 is 5.28. The highest BCUT2D eigenvalue weighted by atomic mass is 79.9. The molecule has 15 heavy (non-hydrogen) atoms. The van der Waals surface area contributed by atoms with Crippen molar-refractivity contribution in [3.05, 3.63) is 33.6 Å². The van der Waals surface area contributed by atoms with Crippen molar-refractivity contribution >= 4 is 37.4 Å². The van der Waals surface area contributed by atoms with Gasteiger partial charge in [0.25, 0.3) is 0 Å². The van der Waals surface area contributed by atoms with E-state index in [0.717, 1.165) is 10.0 Å². The zero-order valence-electron chi connectivity index (χ0n) is 7.90. The Labute approximate surface area is 99.9 Å². The molecule has 2 aromatic rings. The SMILES string of the molecule is Brc1csc2ccc(C3OCCO3)cc12. The second-order valence-corrected chi connectivity index (χ2v) is 5.18. The highest BCUT2D eigenvalue weighted by Crippen LogP contribution is 2.33. The van der Waals surface area contributed by atoms with Gasteiger partial charge in [0.1, 0.15) is 0 Å². The highest BCUT2D eigenvalue weighted by Gasteiger charge is 2.18. The van der Waals surface area contributed by atoms with Gasteiger partial charge in [0.05, 0.1) is 13.2 Å². The first-order chi connectivity index (χ1) is 7.34. The number of rotatable bonds is 1. The number of benzene rings is 1. The van der Waals surface area contributed by atoms with E-state index in [2.05, 4.69) is 39.5 Å². The number of hydrogen-bond acceptors (Lipinski definition) is 3. The Kier molecular flexibility index (Phi) is 2.52. The van der Waals surface area contributed by atoms with Crippen molar-refractivity contribution in [3.8, 4) is 0 Å². The van der Waals surface area contributed by atoms with Crippen molar-refractivity contribution in [1.82, 2.24) is 0 Å². The lowest BCUT2D eigenvalue weighted by molar-refractivity contribution is -0.0440. The fourth-order valence-electron chi connectivity index (χ4n) is 1.71. The van der Waals surface area contributed by atoms with Gasteiger partial charge in [-0.15, -0.1) is 11.3 Å². The number of hydrogen-bond donors (Lipinski definition) is 0. The normalized spacial score (nSPS) is 17.7. The molecule has 0 spiro atoms. The molecule has 78 valence electrons. The largest absolute Gasteiger partial charge is 0.346 e. The Morgan fingerprint density at radius 1 is 1.27 bits per heavy atom. The summed E-state index contributed by atoms with van der Waals surface area (Å²) in [6, 6.07) is 6.32. The third-order valence-electron chi connectivity index (χ3n) is 2.44. The monoisotopic (exact) mass is 284 g/mol. The van der Waals surface area contributed by atoms with Gasteiger partial charge < -0.3 is 9.47 Å². The molecule has 0 unspecified atom stereocenters. The molecule has 1 aliphatic rings.